The summed E-state index contributed by atoms with van der Waals surface area (Å²) in [6.07, 6.45) is 4.91. The summed E-state index contributed by atoms with van der Waals surface area (Å²) in [6, 6.07) is 3.62. The molecule has 2 N–H and O–H groups in total. The van der Waals surface area contributed by atoms with Crippen LogP contribution in [0.2, 0.25) is 0 Å². The lowest BCUT2D eigenvalue weighted by molar-refractivity contribution is 0.429. The minimum atomic E-state index is -0.323. The molecule has 0 amide bonds. The van der Waals surface area contributed by atoms with Crippen molar-refractivity contribution in [3.05, 3.63) is 46.6 Å². The van der Waals surface area contributed by atoms with E-state index in [1.165, 1.54) is 4.52 Å². The Morgan fingerprint density at radius 3 is 2.78 bits per heavy atom. The topological polar surface area (TPSA) is 83.3 Å². The molecule has 0 aromatic carbocycles. The Kier molecular flexibility index (Phi) is 2.16. The van der Waals surface area contributed by atoms with Gasteiger partial charge in [0, 0.05) is 18.0 Å². The summed E-state index contributed by atoms with van der Waals surface area (Å²) in [5.41, 5.74) is 2.00. The summed E-state index contributed by atoms with van der Waals surface area (Å²) in [5, 5.41) is 13.9. The van der Waals surface area contributed by atoms with Gasteiger partial charge in [0.1, 0.15) is 5.65 Å². The maximum absolute atomic E-state index is 11.7. The minimum Gasteiger partial charge on any atom is -0.493 e. The number of aromatic hydroxyl groups is 1. The Labute approximate surface area is 102 Å². The van der Waals surface area contributed by atoms with Gasteiger partial charge in [-0.2, -0.15) is 9.61 Å². The van der Waals surface area contributed by atoms with Crippen molar-refractivity contribution in [2.75, 3.05) is 0 Å². The number of aromatic nitrogens is 4. The quantitative estimate of drug-likeness (QED) is 0.669. The van der Waals surface area contributed by atoms with E-state index in [1.54, 1.807) is 25.5 Å². The molecule has 6 nitrogen and oxygen atoms in total. The fourth-order valence-corrected chi connectivity index (χ4v) is 1.83. The number of fused-ring (bicyclic) bond motifs is 1. The van der Waals surface area contributed by atoms with E-state index < -0.39 is 0 Å². The highest BCUT2D eigenvalue weighted by Gasteiger charge is 2.13. The molecule has 0 fully saturated rings. The van der Waals surface area contributed by atoms with Gasteiger partial charge in [0.2, 0.25) is 5.88 Å². The fraction of sp³-hybridized carbons (Fsp3) is 0.0833. The third-order valence-electron chi connectivity index (χ3n) is 2.87. The standard InChI is InChI=1S/C12H10N4O2/c1-7-11(17)15-10-9(6-14-16(10)12(7)18)8-2-4-13-5-3-8/h2-6,18H,1H3,(H,15,17). The van der Waals surface area contributed by atoms with Crippen molar-refractivity contribution in [2.45, 2.75) is 6.92 Å². The van der Waals surface area contributed by atoms with E-state index in [1.807, 2.05) is 12.1 Å². The van der Waals surface area contributed by atoms with Crippen molar-refractivity contribution in [2.24, 2.45) is 0 Å². The molecule has 3 rings (SSSR count). The summed E-state index contributed by atoms with van der Waals surface area (Å²) >= 11 is 0. The van der Waals surface area contributed by atoms with E-state index in [0.29, 0.717) is 5.65 Å². The number of nitrogens with zero attached hydrogens (tertiary/aromatic N) is 3. The average Bonchev–Trinajstić information content (AvgIpc) is 2.81. The SMILES string of the molecule is Cc1c(O)n2ncc(-c3ccncc3)c2[nH]c1=O. The molecule has 6 heteroatoms. The molecule has 90 valence electrons. The maximum Gasteiger partial charge on any atom is 0.257 e. The zero-order valence-electron chi connectivity index (χ0n) is 9.58. The predicted molar refractivity (Wildman–Crippen MR) is 65.4 cm³/mol. The largest absolute Gasteiger partial charge is 0.493 e. The van der Waals surface area contributed by atoms with Gasteiger partial charge in [0.25, 0.3) is 5.56 Å². The third-order valence-corrected chi connectivity index (χ3v) is 2.87. The fourth-order valence-electron chi connectivity index (χ4n) is 1.83. The summed E-state index contributed by atoms with van der Waals surface area (Å²) in [4.78, 5) is 18.3. The van der Waals surface area contributed by atoms with Crippen molar-refractivity contribution in [3.8, 4) is 17.0 Å². The molecule has 0 aliphatic carbocycles. The Balaban J connectivity index is 2.38. The third kappa shape index (κ3) is 1.39. The maximum atomic E-state index is 11.7. The minimum absolute atomic E-state index is 0.144. The molecule has 18 heavy (non-hydrogen) atoms. The van der Waals surface area contributed by atoms with Crippen LogP contribution in [0.25, 0.3) is 16.8 Å². The molecule has 3 aromatic rings. The first-order valence-corrected chi connectivity index (χ1v) is 5.38. The van der Waals surface area contributed by atoms with Crippen molar-refractivity contribution in [1.29, 1.82) is 0 Å². The van der Waals surface area contributed by atoms with Crippen LogP contribution in [0.3, 0.4) is 0 Å². The highest BCUT2D eigenvalue weighted by Crippen LogP contribution is 2.24. The number of hydrogen-bond acceptors (Lipinski definition) is 4. The van der Waals surface area contributed by atoms with E-state index >= 15 is 0 Å². The van der Waals surface area contributed by atoms with Crippen LogP contribution in [0.1, 0.15) is 5.56 Å². The number of H-pyrrole nitrogens is 1. The molecular weight excluding hydrogens is 232 g/mol. The van der Waals surface area contributed by atoms with Gasteiger partial charge in [-0.3, -0.25) is 9.78 Å². The van der Waals surface area contributed by atoms with Crippen LogP contribution in [-0.4, -0.2) is 24.7 Å². The molecule has 0 bridgehead atoms. The molecule has 0 saturated heterocycles. The number of aromatic amines is 1. The van der Waals surface area contributed by atoms with Crippen LogP contribution in [0.5, 0.6) is 5.88 Å². The molecule has 0 spiro atoms. The molecule has 0 saturated carbocycles. The van der Waals surface area contributed by atoms with E-state index in [-0.39, 0.29) is 17.0 Å². The van der Waals surface area contributed by atoms with E-state index in [2.05, 4.69) is 15.1 Å². The Bertz CT molecular complexity index is 774. The van der Waals surface area contributed by atoms with Crippen LogP contribution in [0.15, 0.2) is 35.5 Å². The first-order chi connectivity index (χ1) is 8.68. The van der Waals surface area contributed by atoms with Gasteiger partial charge >= 0.3 is 0 Å². The van der Waals surface area contributed by atoms with Crippen molar-refractivity contribution in [1.82, 2.24) is 19.6 Å². The Morgan fingerprint density at radius 1 is 1.33 bits per heavy atom. The lowest BCUT2D eigenvalue weighted by Crippen LogP contribution is -2.12. The summed E-state index contributed by atoms with van der Waals surface area (Å²) in [7, 11) is 0. The van der Waals surface area contributed by atoms with E-state index in [4.69, 9.17) is 0 Å². The van der Waals surface area contributed by atoms with Crippen LogP contribution >= 0.6 is 0 Å². The van der Waals surface area contributed by atoms with Gasteiger partial charge in [-0.1, -0.05) is 0 Å². The van der Waals surface area contributed by atoms with Crippen LogP contribution < -0.4 is 5.56 Å². The first-order valence-electron chi connectivity index (χ1n) is 5.38. The number of hydrogen-bond donors (Lipinski definition) is 2. The van der Waals surface area contributed by atoms with Crippen molar-refractivity contribution >= 4 is 5.65 Å². The normalized spacial score (nSPS) is 10.9. The van der Waals surface area contributed by atoms with E-state index in [9.17, 15) is 9.90 Å². The molecule has 0 unspecified atom stereocenters. The van der Waals surface area contributed by atoms with Gasteiger partial charge in [-0.15, -0.1) is 0 Å². The second-order valence-corrected chi connectivity index (χ2v) is 3.96. The van der Waals surface area contributed by atoms with Crippen molar-refractivity contribution < 1.29 is 5.11 Å². The predicted octanol–water partition coefficient (Wildman–Crippen LogP) is 1.10. The molecule has 0 aliphatic rings. The van der Waals surface area contributed by atoms with Gasteiger partial charge in [-0.05, 0) is 24.6 Å². The molecular formula is C12H10N4O2. The second-order valence-electron chi connectivity index (χ2n) is 3.96. The first kappa shape index (κ1) is 10.5. The van der Waals surface area contributed by atoms with Gasteiger partial charge in [0.15, 0.2) is 0 Å². The number of nitrogens with one attached hydrogen (secondary N) is 1. The molecule has 0 aliphatic heterocycles. The van der Waals surface area contributed by atoms with Crippen LogP contribution in [0.4, 0.5) is 0 Å². The van der Waals surface area contributed by atoms with Crippen LogP contribution in [-0.2, 0) is 0 Å². The monoisotopic (exact) mass is 242 g/mol. The van der Waals surface area contributed by atoms with Gasteiger partial charge in [0.05, 0.1) is 11.8 Å². The molecule has 0 radical (unpaired) electrons. The van der Waals surface area contributed by atoms with Crippen LogP contribution in [0, 0.1) is 6.92 Å². The van der Waals surface area contributed by atoms with Crippen molar-refractivity contribution in [3.63, 3.8) is 0 Å². The lowest BCUT2D eigenvalue weighted by atomic mass is 10.1. The highest BCUT2D eigenvalue weighted by atomic mass is 16.3. The summed E-state index contributed by atoms with van der Waals surface area (Å²) in [5.74, 6) is -0.144. The number of pyridine rings is 1. The Morgan fingerprint density at radius 2 is 2.06 bits per heavy atom. The Hall–Kier alpha value is -2.63. The zero-order chi connectivity index (χ0) is 12.7. The van der Waals surface area contributed by atoms with Gasteiger partial charge < -0.3 is 10.1 Å². The number of rotatable bonds is 1. The molecule has 3 heterocycles. The average molecular weight is 242 g/mol. The molecule has 0 atom stereocenters. The smallest absolute Gasteiger partial charge is 0.257 e. The zero-order valence-corrected chi connectivity index (χ0v) is 9.58. The van der Waals surface area contributed by atoms with Gasteiger partial charge in [-0.25, -0.2) is 0 Å². The van der Waals surface area contributed by atoms with E-state index in [0.717, 1.165) is 11.1 Å². The summed E-state index contributed by atoms with van der Waals surface area (Å²) in [6.45, 7) is 1.54. The summed E-state index contributed by atoms with van der Waals surface area (Å²) < 4.78 is 1.31. The highest BCUT2D eigenvalue weighted by molar-refractivity contribution is 5.77. The lowest BCUT2D eigenvalue weighted by Gasteiger charge is -2.02. The second kappa shape index (κ2) is 3.69. The molecule has 3 aromatic heterocycles.